The molecule has 2 aromatic rings. The van der Waals surface area contributed by atoms with Gasteiger partial charge in [-0.25, -0.2) is 14.6 Å². The lowest BCUT2D eigenvalue weighted by molar-refractivity contribution is -0.146. The van der Waals surface area contributed by atoms with Crippen LogP contribution < -0.4 is 4.74 Å². The zero-order valence-electron chi connectivity index (χ0n) is 20.2. The molecule has 9 nitrogen and oxygen atoms in total. The van der Waals surface area contributed by atoms with Crippen molar-refractivity contribution in [3.8, 4) is 5.75 Å². The highest BCUT2D eigenvalue weighted by molar-refractivity contribution is 5.86. The van der Waals surface area contributed by atoms with Gasteiger partial charge in [0.1, 0.15) is 35.3 Å². The number of amides is 1. The Bertz CT molecular complexity index is 1140. The summed E-state index contributed by atoms with van der Waals surface area (Å²) in [5, 5.41) is 0.963. The standard InChI is InChI=1S/C25H30N2O7/c1-15(28)32-13-19-21-17(16-8-6-7-9-18(16)26-19)10-11-25(33-21)12-20(22(29)31-5)27(14-25)23(30)34-24(2,3)4/h6-9,20H,10-14H2,1-5H3. The van der Waals surface area contributed by atoms with E-state index in [9.17, 15) is 14.4 Å². The summed E-state index contributed by atoms with van der Waals surface area (Å²) in [6, 6.07) is 6.90. The molecular weight excluding hydrogens is 440 g/mol. The van der Waals surface area contributed by atoms with Crippen molar-refractivity contribution in [3.63, 3.8) is 0 Å². The molecule has 1 aromatic carbocycles. The first-order valence-corrected chi connectivity index (χ1v) is 11.3. The second-order valence-electron chi connectivity index (χ2n) is 9.80. The first-order chi connectivity index (χ1) is 16.0. The number of methoxy groups -OCH3 is 1. The zero-order valence-corrected chi connectivity index (χ0v) is 20.2. The fourth-order valence-corrected chi connectivity index (χ4v) is 4.64. The van der Waals surface area contributed by atoms with Gasteiger partial charge in [0.2, 0.25) is 0 Å². The Kier molecular flexibility index (Phi) is 6.14. The van der Waals surface area contributed by atoms with Crippen LogP contribution in [-0.2, 0) is 36.8 Å². The minimum atomic E-state index is -0.827. The highest BCUT2D eigenvalue weighted by atomic mass is 16.6. The highest BCUT2D eigenvalue weighted by Gasteiger charge is 2.53. The van der Waals surface area contributed by atoms with Gasteiger partial charge in [0.15, 0.2) is 0 Å². The number of fused-ring (bicyclic) bond motifs is 3. The molecule has 1 fully saturated rings. The molecule has 2 unspecified atom stereocenters. The molecule has 0 saturated carbocycles. The second kappa shape index (κ2) is 8.77. The van der Waals surface area contributed by atoms with Crippen LogP contribution >= 0.6 is 0 Å². The summed E-state index contributed by atoms with van der Waals surface area (Å²) in [6.07, 6.45) is 0.916. The van der Waals surface area contributed by atoms with E-state index in [0.29, 0.717) is 24.3 Å². The number of hydrogen-bond donors (Lipinski definition) is 0. The molecule has 2 atom stereocenters. The number of hydrogen-bond acceptors (Lipinski definition) is 8. The van der Waals surface area contributed by atoms with Crippen molar-refractivity contribution >= 4 is 28.9 Å². The SMILES string of the molecule is COC(=O)C1CC2(CCc3c(c(COC(C)=O)nc4ccccc34)O2)CN1C(=O)OC(C)(C)C. The fraction of sp³-hybridized carbons (Fsp3) is 0.520. The van der Waals surface area contributed by atoms with Crippen LogP contribution in [0.15, 0.2) is 24.3 Å². The molecule has 1 saturated heterocycles. The van der Waals surface area contributed by atoms with Crippen molar-refractivity contribution in [1.29, 1.82) is 0 Å². The number of benzene rings is 1. The number of para-hydroxylation sites is 1. The number of esters is 2. The van der Waals surface area contributed by atoms with Crippen LogP contribution in [-0.4, -0.2) is 58.8 Å². The Morgan fingerprint density at radius 2 is 1.97 bits per heavy atom. The molecule has 34 heavy (non-hydrogen) atoms. The first-order valence-electron chi connectivity index (χ1n) is 11.3. The average molecular weight is 471 g/mol. The van der Waals surface area contributed by atoms with E-state index in [1.54, 1.807) is 20.8 Å². The topological polar surface area (TPSA) is 104 Å². The van der Waals surface area contributed by atoms with Crippen molar-refractivity contribution in [3.05, 3.63) is 35.5 Å². The van der Waals surface area contributed by atoms with Crippen LogP contribution in [0.2, 0.25) is 0 Å². The van der Waals surface area contributed by atoms with Gasteiger partial charge in [0.25, 0.3) is 0 Å². The lowest BCUT2D eigenvalue weighted by Crippen LogP contribution is -2.46. The predicted octanol–water partition coefficient (Wildman–Crippen LogP) is 3.54. The van der Waals surface area contributed by atoms with Gasteiger partial charge in [-0.05, 0) is 39.7 Å². The summed E-state index contributed by atoms with van der Waals surface area (Å²) in [7, 11) is 1.30. The summed E-state index contributed by atoms with van der Waals surface area (Å²) in [4.78, 5) is 43.1. The van der Waals surface area contributed by atoms with E-state index >= 15 is 0 Å². The Morgan fingerprint density at radius 1 is 1.24 bits per heavy atom. The van der Waals surface area contributed by atoms with E-state index in [-0.39, 0.29) is 19.6 Å². The molecule has 9 heteroatoms. The molecule has 0 bridgehead atoms. The molecule has 182 valence electrons. The summed E-state index contributed by atoms with van der Waals surface area (Å²) in [5.41, 5.74) is 0.736. The molecule has 1 aromatic heterocycles. The van der Waals surface area contributed by atoms with Crippen LogP contribution in [0.25, 0.3) is 10.9 Å². The normalized spacial score (nSPS) is 21.7. The van der Waals surface area contributed by atoms with Crippen LogP contribution in [0, 0.1) is 0 Å². The molecular formula is C25H30N2O7. The van der Waals surface area contributed by atoms with E-state index in [1.807, 2.05) is 24.3 Å². The lowest BCUT2D eigenvalue weighted by Gasteiger charge is -2.36. The number of aromatic nitrogens is 1. The minimum Gasteiger partial charge on any atom is -0.483 e. The second-order valence-corrected chi connectivity index (χ2v) is 9.80. The maximum atomic E-state index is 13.0. The van der Waals surface area contributed by atoms with Gasteiger partial charge in [0.05, 0.1) is 19.2 Å². The number of nitrogens with zero attached hydrogens (tertiary/aromatic N) is 2. The number of carbonyl (C=O) groups excluding carboxylic acids is 3. The van der Waals surface area contributed by atoms with E-state index in [1.165, 1.54) is 18.9 Å². The molecule has 3 heterocycles. The smallest absolute Gasteiger partial charge is 0.411 e. The molecule has 0 N–H and O–H groups in total. The van der Waals surface area contributed by atoms with Gasteiger partial charge in [-0.3, -0.25) is 9.69 Å². The van der Waals surface area contributed by atoms with Crippen molar-refractivity contribution in [2.45, 2.75) is 70.8 Å². The Hall–Kier alpha value is -3.36. The van der Waals surface area contributed by atoms with Gasteiger partial charge in [-0.15, -0.1) is 0 Å². The van der Waals surface area contributed by atoms with E-state index < -0.39 is 35.3 Å². The predicted molar refractivity (Wildman–Crippen MR) is 122 cm³/mol. The Balaban J connectivity index is 1.71. The highest BCUT2D eigenvalue weighted by Crippen LogP contribution is 2.45. The molecule has 2 aliphatic heterocycles. The number of likely N-dealkylation sites (tertiary alicyclic amines) is 1. The van der Waals surface area contributed by atoms with Gasteiger partial charge in [0, 0.05) is 24.3 Å². The Morgan fingerprint density at radius 3 is 2.65 bits per heavy atom. The van der Waals surface area contributed by atoms with Crippen molar-refractivity contribution in [2.75, 3.05) is 13.7 Å². The van der Waals surface area contributed by atoms with Gasteiger partial charge < -0.3 is 18.9 Å². The van der Waals surface area contributed by atoms with E-state index in [4.69, 9.17) is 18.9 Å². The van der Waals surface area contributed by atoms with Crippen molar-refractivity contribution < 1.29 is 33.3 Å². The van der Waals surface area contributed by atoms with Gasteiger partial charge >= 0.3 is 18.0 Å². The Labute approximate surface area is 198 Å². The molecule has 2 aliphatic rings. The van der Waals surface area contributed by atoms with Gasteiger partial charge in [-0.2, -0.15) is 0 Å². The maximum absolute atomic E-state index is 13.0. The number of aryl methyl sites for hydroxylation is 1. The molecule has 0 aliphatic carbocycles. The van der Waals surface area contributed by atoms with Crippen LogP contribution in [0.1, 0.15) is 51.8 Å². The van der Waals surface area contributed by atoms with Gasteiger partial charge in [-0.1, -0.05) is 18.2 Å². The lowest BCUT2D eigenvalue weighted by atomic mass is 9.87. The summed E-state index contributed by atoms with van der Waals surface area (Å²) >= 11 is 0. The van der Waals surface area contributed by atoms with E-state index in [0.717, 1.165) is 16.5 Å². The monoisotopic (exact) mass is 470 g/mol. The quantitative estimate of drug-likeness (QED) is 0.496. The van der Waals surface area contributed by atoms with Crippen LogP contribution in [0.3, 0.4) is 0 Å². The third-order valence-corrected chi connectivity index (χ3v) is 6.08. The average Bonchev–Trinajstić information content (AvgIpc) is 3.14. The summed E-state index contributed by atoms with van der Waals surface area (Å²) in [6.45, 7) is 6.79. The third kappa shape index (κ3) is 4.64. The van der Waals surface area contributed by atoms with Crippen LogP contribution in [0.4, 0.5) is 4.79 Å². The van der Waals surface area contributed by atoms with Crippen LogP contribution in [0.5, 0.6) is 5.75 Å². The fourth-order valence-electron chi connectivity index (χ4n) is 4.64. The minimum absolute atomic E-state index is 0.0329. The molecule has 4 rings (SSSR count). The number of ether oxygens (including phenoxy) is 4. The first kappa shape index (κ1) is 23.8. The molecule has 0 radical (unpaired) electrons. The zero-order chi connectivity index (χ0) is 24.7. The number of rotatable bonds is 3. The number of pyridine rings is 1. The largest absolute Gasteiger partial charge is 0.483 e. The maximum Gasteiger partial charge on any atom is 0.411 e. The van der Waals surface area contributed by atoms with E-state index in [2.05, 4.69) is 4.98 Å². The van der Waals surface area contributed by atoms with Crippen molar-refractivity contribution in [2.24, 2.45) is 0 Å². The third-order valence-electron chi connectivity index (χ3n) is 6.08. The summed E-state index contributed by atoms with van der Waals surface area (Å²) in [5.74, 6) is -0.397. The molecule has 1 amide bonds. The molecule has 1 spiro atoms. The number of carbonyl (C=O) groups is 3. The van der Waals surface area contributed by atoms with Crippen molar-refractivity contribution in [1.82, 2.24) is 9.88 Å². The summed E-state index contributed by atoms with van der Waals surface area (Å²) < 4.78 is 22.4.